The van der Waals surface area contributed by atoms with Crippen molar-refractivity contribution in [2.24, 2.45) is 0 Å². The van der Waals surface area contributed by atoms with E-state index in [1.807, 2.05) is 0 Å². The lowest BCUT2D eigenvalue weighted by Gasteiger charge is -2.15. The van der Waals surface area contributed by atoms with Crippen molar-refractivity contribution in [3.8, 4) is 0 Å². The molecule has 2 rings (SSSR count). The number of nitrogens with one attached hydrogen (secondary N) is 2. The highest BCUT2D eigenvalue weighted by Crippen LogP contribution is 2.31. The summed E-state index contributed by atoms with van der Waals surface area (Å²) >= 11 is 0. The molecule has 10 heteroatoms. The van der Waals surface area contributed by atoms with Gasteiger partial charge in [-0.15, -0.1) is 0 Å². The molecule has 24 heavy (non-hydrogen) atoms. The molecule has 0 saturated carbocycles. The number of nitrogens with zero attached hydrogens (tertiary/aromatic N) is 2. The van der Waals surface area contributed by atoms with Gasteiger partial charge in [0.15, 0.2) is 5.69 Å². The summed E-state index contributed by atoms with van der Waals surface area (Å²) in [6.45, 7) is 1.16. The van der Waals surface area contributed by atoms with Crippen LogP contribution in [0.5, 0.6) is 0 Å². The molecule has 0 aliphatic rings. The van der Waals surface area contributed by atoms with Gasteiger partial charge in [0.05, 0.1) is 12.3 Å². The van der Waals surface area contributed by atoms with E-state index in [9.17, 15) is 22.0 Å². The van der Waals surface area contributed by atoms with E-state index in [0.29, 0.717) is 12.1 Å². The van der Waals surface area contributed by atoms with Gasteiger partial charge >= 0.3 is 6.18 Å². The van der Waals surface area contributed by atoms with Crippen LogP contribution in [0.15, 0.2) is 24.3 Å². The smallest absolute Gasteiger partial charge is 0.394 e. The Morgan fingerprint density at radius 1 is 1.17 bits per heavy atom. The van der Waals surface area contributed by atoms with E-state index in [1.54, 1.807) is 0 Å². The highest BCUT2D eigenvalue weighted by molar-refractivity contribution is 5.58. The molecule has 0 amide bonds. The lowest BCUT2D eigenvalue weighted by atomic mass is 10.3. The van der Waals surface area contributed by atoms with Gasteiger partial charge in [0.2, 0.25) is 5.95 Å². The minimum atomic E-state index is -4.75. The van der Waals surface area contributed by atoms with Gasteiger partial charge in [-0.25, -0.2) is 13.8 Å². The van der Waals surface area contributed by atoms with Crippen LogP contribution in [0.2, 0.25) is 0 Å². The fraction of sp³-hybridized carbons (Fsp3) is 0.286. The van der Waals surface area contributed by atoms with E-state index < -0.39 is 35.5 Å². The van der Waals surface area contributed by atoms with Crippen LogP contribution in [0.1, 0.15) is 12.6 Å². The summed E-state index contributed by atoms with van der Waals surface area (Å²) < 4.78 is 65.3. The molecule has 5 nitrogen and oxygen atoms in total. The molecule has 2 aromatic rings. The Hall–Kier alpha value is -2.49. The Balaban J connectivity index is 2.38. The van der Waals surface area contributed by atoms with Gasteiger partial charge < -0.3 is 15.7 Å². The highest BCUT2D eigenvalue weighted by Gasteiger charge is 2.34. The molecule has 0 fully saturated rings. The Kier molecular flexibility index (Phi) is 5.17. The molecule has 0 spiro atoms. The number of hydrogen-bond donors (Lipinski definition) is 3. The quantitative estimate of drug-likeness (QED) is 0.724. The van der Waals surface area contributed by atoms with E-state index >= 15 is 0 Å². The molecule has 0 aliphatic heterocycles. The third kappa shape index (κ3) is 4.51. The average molecular weight is 348 g/mol. The monoisotopic (exact) mass is 348 g/mol. The summed E-state index contributed by atoms with van der Waals surface area (Å²) in [5, 5.41) is 13.8. The first-order valence-electron chi connectivity index (χ1n) is 6.75. The van der Waals surface area contributed by atoms with Crippen LogP contribution < -0.4 is 10.6 Å². The number of aliphatic hydroxyl groups is 1. The molecule has 1 atom stereocenters. The van der Waals surface area contributed by atoms with Gasteiger partial charge in [-0.2, -0.15) is 18.2 Å². The third-order valence-electron chi connectivity index (χ3n) is 2.86. The van der Waals surface area contributed by atoms with Crippen LogP contribution in [-0.4, -0.2) is 27.7 Å². The number of rotatable bonds is 5. The first-order chi connectivity index (χ1) is 11.2. The summed E-state index contributed by atoms with van der Waals surface area (Å²) in [5.41, 5.74) is -1.50. The van der Waals surface area contributed by atoms with Crippen molar-refractivity contribution in [3.05, 3.63) is 41.6 Å². The second-order valence-corrected chi connectivity index (χ2v) is 4.94. The van der Waals surface area contributed by atoms with Crippen molar-refractivity contribution in [3.63, 3.8) is 0 Å². The van der Waals surface area contributed by atoms with E-state index in [2.05, 4.69) is 20.6 Å². The Morgan fingerprint density at radius 3 is 2.46 bits per heavy atom. The van der Waals surface area contributed by atoms with Crippen LogP contribution in [0.4, 0.5) is 39.4 Å². The highest BCUT2D eigenvalue weighted by atomic mass is 19.4. The van der Waals surface area contributed by atoms with Gasteiger partial charge in [0.25, 0.3) is 0 Å². The second kappa shape index (κ2) is 6.95. The average Bonchev–Trinajstić information content (AvgIpc) is 2.49. The largest absolute Gasteiger partial charge is 0.433 e. The number of benzene rings is 1. The normalized spacial score (nSPS) is 12.8. The number of alkyl halides is 3. The fourth-order valence-corrected chi connectivity index (χ4v) is 1.72. The summed E-state index contributed by atoms with van der Waals surface area (Å²) in [7, 11) is 0. The molecule has 0 radical (unpaired) electrons. The zero-order chi connectivity index (χ0) is 17.9. The summed E-state index contributed by atoms with van der Waals surface area (Å²) in [5.74, 6) is -2.54. The van der Waals surface area contributed by atoms with Crippen molar-refractivity contribution >= 4 is 17.5 Å². The fourth-order valence-electron chi connectivity index (χ4n) is 1.72. The van der Waals surface area contributed by atoms with Crippen LogP contribution in [0, 0.1) is 11.6 Å². The van der Waals surface area contributed by atoms with E-state index in [-0.39, 0.29) is 18.1 Å². The Bertz CT molecular complexity index is 723. The van der Waals surface area contributed by atoms with Gasteiger partial charge in [-0.05, 0) is 19.1 Å². The molecule has 0 saturated heterocycles. The Labute approximate surface area is 133 Å². The van der Waals surface area contributed by atoms with Gasteiger partial charge in [-0.3, -0.25) is 0 Å². The standard InChI is InChI=1S/C14H13F5N4O/c1-7(6-24)20-13-22-11(14(17,18)19)5-12(23-13)21-10-3-2-8(15)4-9(10)16/h2-5,7,24H,6H2,1H3,(H2,20,21,22,23)/t7-/m1/s1. The number of anilines is 3. The SMILES string of the molecule is C[C@H](CO)Nc1nc(Nc2ccc(F)cc2F)cc(C(F)(F)F)n1. The topological polar surface area (TPSA) is 70.1 Å². The molecule has 1 heterocycles. The molecule has 1 aromatic carbocycles. The van der Waals surface area contributed by atoms with E-state index in [0.717, 1.165) is 12.1 Å². The zero-order valence-corrected chi connectivity index (χ0v) is 12.3. The van der Waals surface area contributed by atoms with Crippen LogP contribution in [-0.2, 0) is 6.18 Å². The van der Waals surface area contributed by atoms with Gasteiger partial charge in [0.1, 0.15) is 17.5 Å². The minimum absolute atomic E-state index is 0.246. The predicted octanol–water partition coefficient (Wildman–Crippen LogP) is 3.31. The van der Waals surface area contributed by atoms with Crippen molar-refractivity contribution in [1.29, 1.82) is 0 Å². The van der Waals surface area contributed by atoms with Crippen LogP contribution in [0.25, 0.3) is 0 Å². The van der Waals surface area contributed by atoms with Crippen molar-refractivity contribution in [2.45, 2.75) is 19.1 Å². The number of aromatic nitrogens is 2. The van der Waals surface area contributed by atoms with Gasteiger partial charge in [-0.1, -0.05) is 0 Å². The maximum absolute atomic E-state index is 13.6. The summed E-state index contributed by atoms with van der Waals surface area (Å²) in [6.07, 6.45) is -4.75. The van der Waals surface area contributed by atoms with Crippen LogP contribution >= 0.6 is 0 Å². The van der Waals surface area contributed by atoms with E-state index in [4.69, 9.17) is 5.11 Å². The molecule has 130 valence electrons. The summed E-state index contributed by atoms with van der Waals surface area (Å²) in [4.78, 5) is 7.11. The van der Waals surface area contributed by atoms with Crippen LogP contribution in [0.3, 0.4) is 0 Å². The maximum Gasteiger partial charge on any atom is 0.433 e. The van der Waals surface area contributed by atoms with E-state index in [1.165, 1.54) is 6.92 Å². The zero-order valence-electron chi connectivity index (χ0n) is 12.3. The number of hydrogen-bond acceptors (Lipinski definition) is 5. The maximum atomic E-state index is 13.6. The molecule has 0 bridgehead atoms. The first-order valence-corrected chi connectivity index (χ1v) is 6.75. The second-order valence-electron chi connectivity index (χ2n) is 4.94. The lowest BCUT2D eigenvalue weighted by molar-refractivity contribution is -0.141. The van der Waals surface area contributed by atoms with Crippen molar-refractivity contribution in [1.82, 2.24) is 9.97 Å². The third-order valence-corrected chi connectivity index (χ3v) is 2.86. The molecule has 0 unspecified atom stereocenters. The number of aliphatic hydroxyl groups excluding tert-OH is 1. The molecular weight excluding hydrogens is 335 g/mol. The number of halogens is 5. The lowest BCUT2D eigenvalue weighted by Crippen LogP contribution is -2.22. The summed E-state index contributed by atoms with van der Waals surface area (Å²) in [6, 6.07) is 2.57. The Morgan fingerprint density at radius 2 is 1.88 bits per heavy atom. The first kappa shape index (κ1) is 17.9. The van der Waals surface area contributed by atoms with Crippen molar-refractivity contribution in [2.75, 3.05) is 17.2 Å². The molecule has 1 aromatic heterocycles. The minimum Gasteiger partial charge on any atom is -0.394 e. The molecule has 0 aliphatic carbocycles. The molecular formula is C14H13F5N4O. The molecule has 3 N–H and O–H groups in total. The van der Waals surface area contributed by atoms with Gasteiger partial charge in [0, 0.05) is 18.2 Å². The predicted molar refractivity (Wildman–Crippen MR) is 76.8 cm³/mol. The van der Waals surface area contributed by atoms with Crippen molar-refractivity contribution < 1.29 is 27.1 Å².